The van der Waals surface area contributed by atoms with Gasteiger partial charge in [0, 0.05) is 34.6 Å². The number of halogens is 1. The van der Waals surface area contributed by atoms with Gasteiger partial charge in [-0.1, -0.05) is 41.9 Å². The van der Waals surface area contributed by atoms with E-state index in [1.54, 1.807) is 12.1 Å². The molecular formula is C22H22ClN3OS. The second kappa shape index (κ2) is 8.84. The lowest BCUT2D eigenvalue weighted by molar-refractivity contribution is 0.573. The zero-order valence-electron chi connectivity index (χ0n) is 15.6. The second-order valence-electron chi connectivity index (χ2n) is 6.90. The number of hydrogen-bond acceptors (Lipinski definition) is 4. The third kappa shape index (κ3) is 4.59. The fourth-order valence-electron chi connectivity index (χ4n) is 3.36. The summed E-state index contributed by atoms with van der Waals surface area (Å²) < 4.78 is 12.9. The molecule has 0 unspecified atom stereocenters. The van der Waals surface area contributed by atoms with E-state index in [1.807, 2.05) is 48.5 Å². The molecule has 0 amide bonds. The van der Waals surface area contributed by atoms with Gasteiger partial charge in [0.05, 0.1) is 22.2 Å². The monoisotopic (exact) mass is 411 g/mol. The molecule has 1 aromatic heterocycles. The third-order valence-electron chi connectivity index (χ3n) is 4.83. The van der Waals surface area contributed by atoms with Crippen molar-refractivity contribution in [3.8, 4) is 11.4 Å². The van der Waals surface area contributed by atoms with Crippen LogP contribution in [-0.4, -0.2) is 27.3 Å². The quantitative estimate of drug-likeness (QED) is 0.586. The molecule has 0 N–H and O–H groups in total. The molecule has 0 radical (unpaired) electrons. The average molecular weight is 412 g/mol. The summed E-state index contributed by atoms with van der Waals surface area (Å²) in [7, 11) is -1.19. The van der Waals surface area contributed by atoms with Crippen molar-refractivity contribution in [3.63, 3.8) is 0 Å². The van der Waals surface area contributed by atoms with Crippen molar-refractivity contribution in [3.05, 3.63) is 71.4 Å². The third-order valence-corrected chi connectivity index (χ3v) is 6.44. The molecule has 0 saturated carbocycles. The molecule has 1 saturated heterocycles. The van der Waals surface area contributed by atoms with E-state index in [0.29, 0.717) is 16.6 Å². The van der Waals surface area contributed by atoms with Crippen LogP contribution in [0.25, 0.3) is 11.4 Å². The van der Waals surface area contributed by atoms with E-state index in [2.05, 4.69) is 4.90 Å². The molecule has 4 rings (SSSR count). The maximum Gasteiger partial charge on any atom is 0.161 e. The predicted molar refractivity (Wildman–Crippen MR) is 115 cm³/mol. The van der Waals surface area contributed by atoms with Crippen LogP contribution in [0.3, 0.4) is 0 Å². The van der Waals surface area contributed by atoms with E-state index in [0.717, 1.165) is 35.1 Å². The number of benzene rings is 2. The maximum absolute atomic E-state index is 12.9. The molecule has 0 spiro atoms. The summed E-state index contributed by atoms with van der Waals surface area (Å²) in [5.74, 6) is 1.97. The fraction of sp³-hybridized carbons (Fsp3) is 0.273. The lowest BCUT2D eigenvalue weighted by Gasteiger charge is -2.28. The summed E-state index contributed by atoms with van der Waals surface area (Å²) in [5, 5.41) is 0.640. The Bertz CT molecular complexity index is 957. The molecule has 2 aromatic carbocycles. The van der Waals surface area contributed by atoms with Crippen LogP contribution in [0.15, 0.2) is 65.6 Å². The normalized spacial score (nSPS) is 15.4. The van der Waals surface area contributed by atoms with E-state index < -0.39 is 10.8 Å². The lowest BCUT2D eigenvalue weighted by atomic mass is 10.1. The van der Waals surface area contributed by atoms with Gasteiger partial charge < -0.3 is 4.90 Å². The largest absolute Gasteiger partial charge is 0.356 e. The van der Waals surface area contributed by atoms with Crippen LogP contribution in [0, 0.1) is 0 Å². The molecule has 6 heteroatoms. The van der Waals surface area contributed by atoms with Crippen molar-refractivity contribution >= 4 is 28.2 Å². The van der Waals surface area contributed by atoms with Crippen molar-refractivity contribution in [1.29, 1.82) is 0 Å². The fourth-order valence-corrected chi connectivity index (χ4v) is 4.51. The molecule has 144 valence electrons. The van der Waals surface area contributed by atoms with Crippen molar-refractivity contribution in [1.82, 2.24) is 9.97 Å². The molecule has 2 heterocycles. The highest BCUT2D eigenvalue weighted by atomic mass is 35.5. The number of anilines is 1. The standard InChI is InChI=1S/C22H22ClN3OS/c23-18-9-11-20(12-10-18)28(27)16-19-15-21(26-13-5-2-6-14-26)25-22(24-19)17-7-3-1-4-8-17/h1,3-4,7-12,15H,2,5-6,13-14,16H2/t28-/m0/s1. The van der Waals surface area contributed by atoms with Gasteiger partial charge in [0.2, 0.25) is 0 Å². The number of hydrogen-bond donors (Lipinski definition) is 0. The van der Waals surface area contributed by atoms with Crippen LogP contribution in [0.4, 0.5) is 5.82 Å². The van der Waals surface area contributed by atoms with Crippen LogP contribution >= 0.6 is 11.6 Å². The SMILES string of the molecule is O=[S@@](Cc1cc(N2CCCCC2)nc(-c2ccccc2)n1)c1ccc(Cl)cc1. The molecule has 1 atom stereocenters. The molecule has 1 fully saturated rings. The molecule has 28 heavy (non-hydrogen) atoms. The average Bonchev–Trinajstić information content (AvgIpc) is 2.75. The second-order valence-corrected chi connectivity index (χ2v) is 8.79. The first-order valence-electron chi connectivity index (χ1n) is 9.51. The zero-order chi connectivity index (χ0) is 19.3. The molecule has 1 aliphatic rings. The van der Waals surface area contributed by atoms with Gasteiger partial charge in [0.15, 0.2) is 5.82 Å². The van der Waals surface area contributed by atoms with Gasteiger partial charge in [0.25, 0.3) is 0 Å². The van der Waals surface area contributed by atoms with Gasteiger partial charge in [-0.05, 0) is 43.5 Å². The molecular weight excluding hydrogens is 390 g/mol. The first-order valence-corrected chi connectivity index (χ1v) is 11.2. The minimum atomic E-state index is -1.19. The van der Waals surface area contributed by atoms with E-state index in [-0.39, 0.29) is 0 Å². The maximum atomic E-state index is 12.9. The Balaban J connectivity index is 1.67. The summed E-state index contributed by atoms with van der Waals surface area (Å²) in [6.07, 6.45) is 3.62. The Kier molecular flexibility index (Phi) is 6.03. The van der Waals surface area contributed by atoms with Crippen LogP contribution in [-0.2, 0) is 16.6 Å². The summed E-state index contributed by atoms with van der Waals surface area (Å²) >= 11 is 5.95. The summed E-state index contributed by atoms with van der Waals surface area (Å²) in [5.41, 5.74) is 1.77. The summed E-state index contributed by atoms with van der Waals surface area (Å²) in [4.78, 5) is 12.6. The number of nitrogens with zero attached hydrogens (tertiary/aromatic N) is 3. The Labute approximate surface area is 173 Å². The minimum Gasteiger partial charge on any atom is -0.356 e. The Morgan fingerprint density at radius 2 is 1.64 bits per heavy atom. The van der Waals surface area contributed by atoms with Gasteiger partial charge in [-0.3, -0.25) is 4.21 Å². The number of rotatable bonds is 5. The molecule has 3 aromatic rings. The van der Waals surface area contributed by atoms with Crippen LogP contribution in [0.5, 0.6) is 0 Å². The topological polar surface area (TPSA) is 46.1 Å². The zero-order valence-corrected chi connectivity index (χ0v) is 17.1. The van der Waals surface area contributed by atoms with Crippen molar-refractivity contribution in [2.24, 2.45) is 0 Å². The predicted octanol–water partition coefficient (Wildman–Crippen LogP) is 5.10. The van der Waals surface area contributed by atoms with E-state index in [1.165, 1.54) is 19.3 Å². The van der Waals surface area contributed by atoms with Gasteiger partial charge in [-0.2, -0.15) is 0 Å². The number of piperidine rings is 1. The van der Waals surface area contributed by atoms with Crippen LogP contribution in [0.1, 0.15) is 25.0 Å². The van der Waals surface area contributed by atoms with Crippen LogP contribution in [0.2, 0.25) is 5.02 Å². The van der Waals surface area contributed by atoms with E-state index in [4.69, 9.17) is 21.6 Å². The first-order chi connectivity index (χ1) is 13.7. The Morgan fingerprint density at radius 3 is 2.36 bits per heavy atom. The highest BCUT2D eigenvalue weighted by Crippen LogP contribution is 2.24. The lowest BCUT2D eigenvalue weighted by Crippen LogP contribution is -2.30. The molecule has 0 bridgehead atoms. The highest BCUT2D eigenvalue weighted by Gasteiger charge is 2.17. The molecule has 1 aliphatic heterocycles. The van der Waals surface area contributed by atoms with Gasteiger partial charge >= 0.3 is 0 Å². The summed E-state index contributed by atoms with van der Waals surface area (Å²) in [6, 6.07) is 19.1. The molecule has 0 aliphatic carbocycles. The molecule has 4 nitrogen and oxygen atoms in total. The van der Waals surface area contributed by atoms with Crippen molar-refractivity contribution < 1.29 is 4.21 Å². The van der Waals surface area contributed by atoms with Gasteiger partial charge in [-0.15, -0.1) is 0 Å². The smallest absolute Gasteiger partial charge is 0.161 e. The summed E-state index contributed by atoms with van der Waals surface area (Å²) in [6.45, 7) is 2.01. The Hall–Kier alpha value is -2.24. The minimum absolute atomic E-state index is 0.352. The Morgan fingerprint density at radius 1 is 0.929 bits per heavy atom. The van der Waals surface area contributed by atoms with Crippen molar-refractivity contribution in [2.45, 2.75) is 29.9 Å². The van der Waals surface area contributed by atoms with Gasteiger partial charge in [-0.25, -0.2) is 9.97 Å². The van der Waals surface area contributed by atoms with Gasteiger partial charge in [0.1, 0.15) is 5.82 Å². The van der Waals surface area contributed by atoms with E-state index in [9.17, 15) is 4.21 Å². The number of aromatic nitrogens is 2. The van der Waals surface area contributed by atoms with Crippen molar-refractivity contribution in [2.75, 3.05) is 18.0 Å². The highest BCUT2D eigenvalue weighted by molar-refractivity contribution is 7.84. The van der Waals surface area contributed by atoms with Crippen LogP contribution < -0.4 is 4.90 Å². The van der Waals surface area contributed by atoms with E-state index >= 15 is 0 Å². The first kappa shape index (κ1) is 19.1.